The van der Waals surface area contributed by atoms with Crippen molar-refractivity contribution >= 4 is 11.8 Å². The first kappa shape index (κ1) is 43.3. The molecule has 6 nitrogen and oxygen atoms in total. The van der Waals surface area contributed by atoms with Crippen LogP contribution in [0.5, 0.6) is 11.5 Å². The van der Waals surface area contributed by atoms with E-state index in [0.29, 0.717) is 11.1 Å². The molecule has 0 fully saturated rings. The second-order valence-corrected chi connectivity index (χ2v) is 14.0. The minimum absolute atomic E-state index is 0.0857. The zero-order valence-corrected chi connectivity index (χ0v) is 32.3. The quantitative estimate of drug-likeness (QED) is 0.143. The molecule has 2 aliphatic heterocycles. The molecule has 320 valence electrons. The van der Waals surface area contributed by atoms with Gasteiger partial charge < -0.3 is 18.9 Å². The maximum Gasteiger partial charge on any atom is 0.573 e. The van der Waals surface area contributed by atoms with Gasteiger partial charge in [0.2, 0.25) is 11.8 Å². The zero-order valence-electron chi connectivity index (χ0n) is 32.3. The number of nitrogens with zero attached hydrogens (tertiary/aromatic N) is 2. The van der Waals surface area contributed by atoms with Crippen LogP contribution in [-0.2, 0) is 9.47 Å². The maximum absolute atomic E-state index is 14.0. The molecule has 0 radical (unpaired) electrons. The summed E-state index contributed by atoms with van der Waals surface area (Å²) in [5, 5.41) is 0. The van der Waals surface area contributed by atoms with Crippen LogP contribution in [-0.4, -0.2) is 36.7 Å². The number of rotatable bonds is 8. The smallest absolute Gasteiger partial charge is 0.472 e. The van der Waals surface area contributed by atoms with Crippen LogP contribution >= 0.6 is 0 Å². The van der Waals surface area contributed by atoms with Gasteiger partial charge in [0.05, 0.1) is 0 Å². The molecule has 0 N–H and O–H groups in total. The van der Waals surface area contributed by atoms with Crippen LogP contribution in [0, 0.1) is 23.3 Å². The highest BCUT2D eigenvalue weighted by Gasteiger charge is 2.34. The fourth-order valence-corrected chi connectivity index (χ4v) is 6.79. The highest BCUT2D eigenvalue weighted by molar-refractivity contribution is 5.96. The van der Waals surface area contributed by atoms with E-state index in [1.165, 1.54) is 60.7 Å². The third-order valence-corrected chi connectivity index (χ3v) is 9.70. The Kier molecular flexibility index (Phi) is 12.3. The Labute approximate surface area is 347 Å². The fraction of sp³-hybridized carbons (Fsp3) is 0.174. The summed E-state index contributed by atoms with van der Waals surface area (Å²) in [6.07, 6.45) is -10.3. The maximum atomic E-state index is 14.0. The molecule has 0 spiro atoms. The van der Waals surface area contributed by atoms with Gasteiger partial charge in [-0.15, -0.1) is 26.3 Å². The topological polar surface area (TPSA) is 61.6 Å². The summed E-state index contributed by atoms with van der Waals surface area (Å²) in [5.74, 6) is -3.77. The summed E-state index contributed by atoms with van der Waals surface area (Å²) in [5.41, 5.74) is 3.92. The molecular weight excluding hydrogens is 834 g/mol. The standard InChI is InChI=1S/2C23H16F5NO2/c2*1-13-21(29-22(30-13)20-18(24)3-2-4-19(20)25)16-7-5-14(6-8-16)15-9-11-17(12-10-15)31-23(26,27)28/h2*2-13,21H,1H3/t2*13-,21+/m10/s1. The van der Waals surface area contributed by atoms with Crippen molar-refractivity contribution in [3.8, 4) is 33.8 Å². The van der Waals surface area contributed by atoms with Crippen LogP contribution in [0.25, 0.3) is 22.3 Å². The average molecular weight is 867 g/mol. The van der Waals surface area contributed by atoms with Crippen molar-refractivity contribution in [1.82, 2.24) is 0 Å². The number of alkyl halides is 6. The van der Waals surface area contributed by atoms with Crippen LogP contribution in [0.15, 0.2) is 143 Å². The normalized spacial score (nSPS) is 18.5. The van der Waals surface area contributed by atoms with Crippen molar-refractivity contribution in [2.24, 2.45) is 9.98 Å². The van der Waals surface area contributed by atoms with Gasteiger partial charge in [0.25, 0.3) is 0 Å². The van der Waals surface area contributed by atoms with Crippen LogP contribution in [0.3, 0.4) is 0 Å². The molecule has 0 unspecified atom stereocenters. The Morgan fingerprint density at radius 2 is 0.694 bits per heavy atom. The Morgan fingerprint density at radius 3 is 0.968 bits per heavy atom. The van der Waals surface area contributed by atoms with E-state index in [1.807, 2.05) is 0 Å². The van der Waals surface area contributed by atoms with Crippen molar-refractivity contribution in [2.75, 3.05) is 0 Å². The first-order valence-electron chi connectivity index (χ1n) is 18.7. The lowest BCUT2D eigenvalue weighted by atomic mass is 9.99. The van der Waals surface area contributed by atoms with Crippen molar-refractivity contribution in [3.63, 3.8) is 0 Å². The Bertz CT molecular complexity index is 2360. The molecule has 8 rings (SSSR count). The van der Waals surface area contributed by atoms with E-state index in [4.69, 9.17) is 9.47 Å². The number of hydrogen-bond donors (Lipinski definition) is 0. The van der Waals surface area contributed by atoms with Gasteiger partial charge in [-0.3, -0.25) is 0 Å². The van der Waals surface area contributed by atoms with Crippen molar-refractivity contribution in [3.05, 3.63) is 179 Å². The summed E-state index contributed by atoms with van der Waals surface area (Å²) in [6, 6.07) is 31.6. The van der Waals surface area contributed by atoms with Crippen LogP contribution in [0.2, 0.25) is 0 Å². The summed E-state index contributed by atoms with van der Waals surface area (Å²) in [4.78, 5) is 8.74. The third kappa shape index (κ3) is 10.2. The van der Waals surface area contributed by atoms with Crippen LogP contribution < -0.4 is 9.47 Å². The molecule has 0 amide bonds. The fourth-order valence-electron chi connectivity index (χ4n) is 6.79. The minimum atomic E-state index is -4.74. The van der Waals surface area contributed by atoms with Crippen LogP contribution in [0.1, 0.15) is 48.2 Å². The van der Waals surface area contributed by atoms with E-state index in [2.05, 4.69) is 19.5 Å². The van der Waals surface area contributed by atoms with Gasteiger partial charge in [0.15, 0.2) is 0 Å². The minimum Gasteiger partial charge on any atom is -0.472 e. The van der Waals surface area contributed by atoms with Crippen molar-refractivity contribution < 1.29 is 62.9 Å². The lowest BCUT2D eigenvalue weighted by Gasteiger charge is -2.14. The first-order valence-corrected chi connectivity index (χ1v) is 18.7. The average Bonchev–Trinajstić information content (AvgIpc) is 3.79. The zero-order chi connectivity index (χ0) is 44.3. The number of aliphatic imine (C=N–C) groups is 2. The molecule has 0 saturated heterocycles. The Morgan fingerprint density at radius 1 is 0.419 bits per heavy atom. The number of hydrogen-bond acceptors (Lipinski definition) is 6. The summed E-state index contributed by atoms with van der Waals surface area (Å²) < 4.78 is 149. The van der Waals surface area contributed by atoms with Gasteiger partial charge in [-0.25, -0.2) is 27.5 Å². The monoisotopic (exact) mass is 866 g/mol. The van der Waals surface area contributed by atoms with E-state index in [-0.39, 0.29) is 34.4 Å². The molecule has 2 heterocycles. The molecule has 0 aromatic heterocycles. The van der Waals surface area contributed by atoms with Gasteiger partial charge in [0, 0.05) is 0 Å². The van der Waals surface area contributed by atoms with E-state index in [1.54, 1.807) is 62.4 Å². The molecule has 0 saturated carbocycles. The second-order valence-electron chi connectivity index (χ2n) is 14.0. The molecule has 4 atom stereocenters. The summed E-state index contributed by atoms with van der Waals surface area (Å²) in [6.45, 7) is 3.51. The molecule has 6 aromatic rings. The highest BCUT2D eigenvalue weighted by atomic mass is 19.4. The predicted molar refractivity (Wildman–Crippen MR) is 209 cm³/mol. The van der Waals surface area contributed by atoms with Crippen molar-refractivity contribution in [2.45, 2.75) is 50.9 Å². The third-order valence-electron chi connectivity index (χ3n) is 9.70. The number of halogens is 10. The first-order chi connectivity index (χ1) is 29.4. The number of ether oxygens (including phenoxy) is 4. The van der Waals surface area contributed by atoms with E-state index in [9.17, 15) is 43.9 Å². The van der Waals surface area contributed by atoms with Crippen molar-refractivity contribution in [1.29, 1.82) is 0 Å². The number of benzene rings is 6. The van der Waals surface area contributed by atoms with Gasteiger partial charge >= 0.3 is 12.7 Å². The molecule has 0 aliphatic carbocycles. The van der Waals surface area contributed by atoms with Gasteiger partial charge in [0.1, 0.15) is 70.2 Å². The largest absolute Gasteiger partial charge is 0.573 e. The Hall–Kier alpha value is -6.84. The van der Waals surface area contributed by atoms with E-state index < -0.39 is 60.3 Å². The SMILES string of the molecule is C[C@@H]1OC(c2c(F)cccc2F)=N[C@H]1c1ccc(-c2ccc(OC(F)(F)F)cc2)cc1.C[C@H]1OC(c2c(F)cccc2F)=N[C@@H]1c1ccc(-c2ccc(OC(F)(F)F)cc2)cc1. The summed E-state index contributed by atoms with van der Waals surface area (Å²) >= 11 is 0. The van der Waals surface area contributed by atoms with Gasteiger partial charge in [-0.2, -0.15) is 0 Å². The molecule has 16 heteroatoms. The second kappa shape index (κ2) is 17.6. The van der Waals surface area contributed by atoms with E-state index in [0.717, 1.165) is 46.5 Å². The predicted octanol–water partition coefficient (Wildman–Crippen LogP) is 12.9. The molecule has 2 aliphatic rings. The van der Waals surface area contributed by atoms with E-state index >= 15 is 0 Å². The van der Waals surface area contributed by atoms with Gasteiger partial charge in [-0.05, 0) is 95.8 Å². The van der Waals surface area contributed by atoms with Crippen LogP contribution in [0.4, 0.5) is 43.9 Å². The highest BCUT2D eigenvalue weighted by Crippen LogP contribution is 2.36. The molecular formula is C46H32F10N2O4. The lowest BCUT2D eigenvalue weighted by molar-refractivity contribution is -0.275. The lowest BCUT2D eigenvalue weighted by Crippen LogP contribution is -2.16. The molecule has 0 bridgehead atoms. The Balaban J connectivity index is 0.000000186. The van der Waals surface area contributed by atoms with Gasteiger partial charge in [-0.1, -0.05) is 84.9 Å². The molecule has 62 heavy (non-hydrogen) atoms. The molecule has 6 aromatic carbocycles. The summed E-state index contributed by atoms with van der Waals surface area (Å²) in [7, 11) is 0.